The van der Waals surface area contributed by atoms with E-state index >= 15 is 0 Å². The molecule has 0 aliphatic heterocycles. The number of aromatic nitrogens is 3. The molecule has 0 amide bonds. The number of hydrogen-bond acceptors (Lipinski definition) is 2. The molecule has 1 aromatic carbocycles. The van der Waals surface area contributed by atoms with Crippen molar-refractivity contribution in [3.63, 3.8) is 0 Å². The third-order valence-electron chi connectivity index (χ3n) is 2.20. The Bertz CT molecular complexity index is 484. The Hall–Kier alpha value is -0.870. The second kappa shape index (κ2) is 3.94. The first-order valence-corrected chi connectivity index (χ1v) is 5.59. The minimum atomic E-state index is 0.378. The van der Waals surface area contributed by atoms with Crippen LogP contribution in [-0.4, -0.2) is 14.8 Å². The second-order valence-corrected chi connectivity index (χ2v) is 4.61. The van der Waals surface area contributed by atoms with Gasteiger partial charge in [0.05, 0.1) is 5.69 Å². The molecule has 2 aromatic rings. The lowest BCUT2D eigenvalue weighted by Crippen LogP contribution is -1.99. The third kappa shape index (κ3) is 1.92. The fourth-order valence-electron chi connectivity index (χ4n) is 1.65. The zero-order valence-electron chi connectivity index (χ0n) is 8.33. The van der Waals surface area contributed by atoms with E-state index in [1.54, 1.807) is 10.9 Å². The van der Waals surface area contributed by atoms with Gasteiger partial charge in [-0.25, -0.2) is 0 Å². The smallest absolute Gasteiger partial charge is 0.229 e. The molecule has 3 nitrogen and oxygen atoms in total. The van der Waals surface area contributed by atoms with Crippen molar-refractivity contribution in [3.8, 4) is 5.69 Å². The van der Waals surface area contributed by atoms with Crippen LogP contribution in [0.5, 0.6) is 0 Å². The van der Waals surface area contributed by atoms with Gasteiger partial charge in [-0.3, -0.25) is 4.57 Å². The van der Waals surface area contributed by atoms with Crippen LogP contribution >= 0.6 is 27.5 Å². The first-order chi connectivity index (χ1) is 7.09. The predicted octanol–water partition coefficient (Wildman–Crippen LogP) is 3.30. The lowest BCUT2D eigenvalue weighted by Gasteiger charge is -2.11. The molecule has 0 N–H and O–H groups in total. The number of hydrogen-bond donors (Lipinski definition) is 0. The maximum Gasteiger partial charge on any atom is 0.229 e. The van der Waals surface area contributed by atoms with E-state index in [4.69, 9.17) is 11.6 Å². The fraction of sp³-hybridized carbons (Fsp3) is 0.200. The van der Waals surface area contributed by atoms with E-state index in [0.29, 0.717) is 5.28 Å². The molecule has 0 radical (unpaired) electrons. The van der Waals surface area contributed by atoms with Crippen LogP contribution in [0.3, 0.4) is 0 Å². The molecule has 0 atom stereocenters. The molecule has 2 rings (SSSR count). The summed E-state index contributed by atoms with van der Waals surface area (Å²) in [6.45, 7) is 4.06. The van der Waals surface area contributed by atoms with Crippen LogP contribution < -0.4 is 0 Å². The molecule has 78 valence electrons. The normalized spacial score (nSPS) is 10.7. The second-order valence-electron chi connectivity index (χ2n) is 3.36. The average Bonchev–Trinajstić information content (AvgIpc) is 2.50. The van der Waals surface area contributed by atoms with Crippen molar-refractivity contribution >= 4 is 27.5 Å². The Labute approximate surface area is 101 Å². The molecule has 1 heterocycles. The first kappa shape index (κ1) is 10.6. The molecular weight excluding hydrogens is 277 g/mol. The number of halogens is 2. The van der Waals surface area contributed by atoms with Crippen molar-refractivity contribution in [2.75, 3.05) is 0 Å². The van der Waals surface area contributed by atoms with Gasteiger partial charge in [-0.1, -0.05) is 15.9 Å². The van der Waals surface area contributed by atoms with Gasteiger partial charge in [-0.05, 0) is 48.7 Å². The summed E-state index contributed by atoms with van der Waals surface area (Å²) in [7, 11) is 0. The fourth-order valence-corrected chi connectivity index (χ4v) is 2.51. The summed E-state index contributed by atoms with van der Waals surface area (Å²) in [5.74, 6) is 0. The summed E-state index contributed by atoms with van der Waals surface area (Å²) in [4.78, 5) is 0. The van der Waals surface area contributed by atoms with Crippen molar-refractivity contribution in [1.29, 1.82) is 0 Å². The van der Waals surface area contributed by atoms with Crippen LogP contribution in [0, 0.1) is 13.8 Å². The van der Waals surface area contributed by atoms with Crippen molar-refractivity contribution in [3.05, 3.63) is 39.3 Å². The Morgan fingerprint density at radius 2 is 1.87 bits per heavy atom. The molecule has 1 aromatic heterocycles. The van der Waals surface area contributed by atoms with Crippen molar-refractivity contribution in [1.82, 2.24) is 14.8 Å². The highest BCUT2D eigenvalue weighted by molar-refractivity contribution is 9.10. The van der Waals surface area contributed by atoms with E-state index in [-0.39, 0.29) is 0 Å². The van der Waals surface area contributed by atoms with Gasteiger partial charge in [0.25, 0.3) is 0 Å². The molecule has 0 aliphatic rings. The molecule has 5 heteroatoms. The lowest BCUT2D eigenvalue weighted by molar-refractivity contribution is 1.02. The highest BCUT2D eigenvalue weighted by Gasteiger charge is 2.09. The van der Waals surface area contributed by atoms with Crippen molar-refractivity contribution in [2.24, 2.45) is 0 Å². The summed E-state index contributed by atoms with van der Waals surface area (Å²) in [6, 6.07) is 4.08. The quantitative estimate of drug-likeness (QED) is 0.805. The van der Waals surface area contributed by atoms with Crippen molar-refractivity contribution < 1.29 is 0 Å². The Morgan fingerprint density at radius 3 is 2.33 bits per heavy atom. The van der Waals surface area contributed by atoms with Gasteiger partial charge in [0.2, 0.25) is 5.28 Å². The minimum Gasteiger partial charge on any atom is -0.272 e. The zero-order chi connectivity index (χ0) is 11.0. The summed E-state index contributed by atoms with van der Waals surface area (Å²) in [5.41, 5.74) is 3.29. The predicted molar refractivity (Wildman–Crippen MR) is 63.5 cm³/mol. The van der Waals surface area contributed by atoms with Gasteiger partial charge in [-0.2, -0.15) is 0 Å². The maximum atomic E-state index is 5.94. The first-order valence-electron chi connectivity index (χ1n) is 4.42. The summed E-state index contributed by atoms with van der Waals surface area (Å²) in [6.07, 6.45) is 1.62. The SMILES string of the molecule is Cc1cc(Br)cc(C)c1-n1cnnc1Cl. The summed E-state index contributed by atoms with van der Waals surface area (Å²) in [5, 5.41) is 7.91. The van der Waals surface area contributed by atoms with Crippen LogP contribution in [0.2, 0.25) is 5.28 Å². The van der Waals surface area contributed by atoms with Crippen LogP contribution in [0.1, 0.15) is 11.1 Å². The van der Waals surface area contributed by atoms with Gasteiger partial charge in [0, 0.05) is 4.47 Å². The summed E-state index contributed by atoms with van der Waals surface area (Å²) >= 11 is 9.39. The molecule has 0 bridgehead atoms. The van der Waals surface area contributed by atoms with Crippen LogP contribution in [-0.2, 0) is 0 Å². The highest BCUT2D eigenvalue weighted by atomic mass is 79.9. The van der Waals surface area contributed by atoms with Crippen LogP contribution in [0.4, 0.5) is 0 Å². The van der Waals surface area contributed by atoms with Gasteiger partial charge in [-0.15, -0.1) is 10.2 Å². The lowest BCUT2D eigenvalue weighted by atomic mass is 10.1. The van der Waals surface area contributed by atoms with Crippen molar-refractivity contribution in [2.45, 2.75) is 13.8 Å². The van der Waals surface area contributed by atoms with E-state index < -0.39 is 0 Å². The largest absolute Gasteiger partial charge is 0.272 e. The number of benzene rings is 1. The number of nitrogens with zero attached hydrogens (tertiary/aromatic N) is 3. The average molecular weight is 287 g/mol. The Balaban J connectivity index is 2.68. The number of rotatable bonds is 1. The van der Waals surface area contributed by atoms with E-state index in [2.05, 4.69) is 26.1 Å². The van der Waals surface area contributed by atoms with E-state index in [0.717, 1.165) is 21.3 Å². The van der Waals surface area contributed by atoms with Gasteiger partial charge in [0.1, 0.15) is 6.33 Å². The van der Waals surface area contributed by atoms with E-state index in [1.807, 2.05) is 26.0 Å². The molecule has 0 spiro atoms. The molecule has 0 unspecified atom stereocenters. The monoisotopic (exact) mass is 285 g/mol. The minimum absolute atomic E-state index is 0.378. The molecule has 0 saturated heterocycles. The van der Waals surface area contributed by atoms with Crippen LogP contribution in [0.25, 0.3) is 5.69 Å². The van der Waals surface area contributed by atoms with E-state index in [1.165, 1.54) is 0 Å². The molecule has 0 fully saturated rings. The third-order valence-corrected chi connectivity index (χ3v) is 2.92. The van der Waals surface area contributed by atoms with Crippen LogP contribution in [0.15, 0.2) is 22.9 Å². The standard InChI is InChI=1S/C10H9BrClN3/c1-6-3-8(11)4-7(2)9(6)15-5-13-14-10(15)12/h3-5H,1-2H3. The van der Waals surface area contributed by atoms with Gasteiger partial charge in [0.15, 0.2) is 0 Å². The zero-order valence-corrected chi connectivity index (χ0v) is 10.7. The summed E-state index contributed by atoms with van der Waals surface area (Å²) < 4.78 is 2.84. The maximum absolute atomic E-state index is 5.94. The molecule has 0 saturated carbocycles. The topological polar surface area (TPSA) is 30.7 Å². The molecule has 15 heavy (non-hydrogen) atoms. The highest BCUT2D eigenvalue weighted by Crippen LogP contribution is 2.25. The number of aryl methyl sites for hydroxylation is 2. The molecular formula is C10H9BrClN3. The van der Waals surface area contributed by atoms with E-state index in [9.17, 15) is 0 Å². The molecule has 0 aliphatic carbocycles. The van der Waals surface area contributed by atoms with Gasteiger partial charge >= 0.3 is 0 Å². The van der Waals surface area contributed by atoms with Gasteiger partial charge < -0.3 is 0 Å². The Kier molecular flexibility index (Phi) is 2.80. The Morgan fingerprint density at radius 1 is 1.27 bits per heavy atom.